The molecular weight excluding hydrogens is 281 g/mol. The Bertz CT molecular complexity index is 694. The maximum Gasteiger partial charge on any atom is 0.238 e. The average Bonchev–Trinajstić information content (AvgIpc) is 2.53. The lowest BCUT2D eigenvalue weighted by Gasteiger charge is -2.08. The van der Waals surface area contributed by atoms with Gasteiger partial charge in [-0.25, -0.2) is 4.39 Å². The van der Waals surface area contributed by atoms with Crippen molar-refractivity contribution in [1.29, 1.82) is 5.26 Å². The molecule has 0 saturated heterocycles. The number of para-hydroxylation sites is 1. The quantitative estimate of drug-likeness (QED) is 0.805. The molecular formula is C17H16FN3O. The van der Waals surface area contributed by atoms with Crippen LogP contribution in [0.25, 0.3) is 0 Å². The maximum atomic E-state index is 13.4. The van der Waals surface area contributed by atoms with E-state index in [0.717, 1.165) is 0 Å². The van der Waals surface area contributed by atoms with Crippen molar-refractivity contribution in [2.45, 2.75) is 6.42 Å². The van der Waals surface area contributed by atoms with Crippen LogP contribution in [0.3, 0.4) is 0 Å². The molecule has 2 rings (SSSR count). The lowest BCUT2D eigenvalue weighted by atomic mass is 10.1. The Balaban J connectivity index is 1.77. The molecule has 0 aliphatic carbocycles. The summed E-state index contributed by atoms with van der Waals surface area (Å²) >= 11 is 0. The molecule has 1 amide bonds. The van der Waals surface area contributed by atoms with Crippen LogP contribution in [0.2, 0.25) is 0 Å². The van der Waals surface area contributed by atoms with Crippen LogP contribution in [-0.4, -0.2) is 19.0 Å². The van der Waals surface area contributed by atoms with E-state index in [1.807, 2.05) is 6.07 Å². The Morgan fingerprint density at radius 1 is 1.14 bits per heavy atom. The Hall–Kier alpha value is -2.71. The number of carbonyl (C=O) groups is 1. The smallest absolute Gasteiger partial charge is 0.238 e. The Morgan fingerprint density at radius 2 is 1.86 bits per heavy atom. The number of amides is 1. The van der Waals surface area contributed by atoms with Gasteiger partial charge in [0.2, 0.25) is 5.91 Å². The van der Waals surface area contributed by atoms with E-state index in [0.29, 0.717) is 29.8 Å². The molecule has 0 bridgehead atoms. The minimum Gasteiger partial charge on any atom is -0.324 e. The van der Waals surface area contributed by atoms with Crippen LogP contribution in [0.5, 0.6) is 0 Å². The van der Waals surface area contributed by atoms with Crippen LogP contribution in [0.4, 0.5) is 10.1 Å². The summed E-state index contributed by atoms with van der Waals surface area (Å²) < 4.78 is 13.4. The zero-order valence-electron chi connectivity index (χ0n) is 12.0. The van der Waals surface area contributed by atoms with E-state index in [9.17, 15) is 9.18 Å². The van der Waals surface area contributed by atoms with E-state index in [1.165, 1.54) is 6.07 Å². The highest BCUT2D eigenvalue weighted by Crippen LogP contribution is 2.13. The molecule has 2 N–H and O–H groups in total. The van der Waals surface area contributed by atoms with Crippen molar-refractivity contribution in [3.63, 3.8) is 0 Å². The van der Waals surface area contributed by atoms with Crippen molar-refractivity contribution in [1.82, 2.24) is 5.32 Å². The largest absolute Gasteiger partial charge is 0.324 e. The Labute approximate surface area is 128 Å². The lowest BCUT2D eigenvalue weighted by Crippen LogP contribution is -2.29. The first kappa shape index (κ1) is 15.7. The molecule has 0 spiro atoms. The molecule has 2 aromatic rings. The molecule has 4 nitrogen and oxygen atoms in total. The zero-order valence-corrected chi connectivity index (χ0v) is 12.0. The van der Waals surface area contributed by atoms with Crippen LogP contribution < -0.4 is 10.6 Å². The van der Waals surface area contributed by atoms with Crippen LogP contribution in [0.15, 0.2) is 48.5 Å². The molecule has 0 saturated carbocycles. The molecule has 0 fully saturated rings. The topological polar surface area (TPSA) is 64.9 Å². The average molecular weight is 297 g/mol. The van der Waals surface area contributed by atoms with E-state index in [-0.39, 0.29) is 18.3 Å². The summed E-state index contributed by atoms with van der Waals surface area (Å²) in [5.74, 6) is -0.479. The number of anilines is 1. The second kappa shape index (κ2) is 7.91. The van der Waals surface area contributed by atoms with E-state index < -0.39 is 0 Å². The van der Waals surface area contributed by atoms with Crippen molar-refractivity contribution in [3.05, 3.63) is 65.5 Å². The molecule has 0 unspecified atom stereocenters. The van der Waals surface area contributed by atoms with Gasteiger partial charge in [-0.15, -0.1) is 0 Å². The second-order valence-corrected chi connectivity index (χ2v) is 4.72. The predicted molar refractivity (Wildman–Crippen MR) is 82.8 cm³/mol. The molecule has 5 heteroatoms. The van der Waals surface area contributed by atoms with E-state index in [4.69, 9.17) is 5.26 Å². The molecule has 0 aliphatic rings. The van der Waals surface area contributed by atoms with E-state index in [2.05, 4.69) is 10.6 Å². The summed E-state index contributed by atoms with van der Waals surface area (Å²) in [6, 6.07) is 15.4. The molecule has 0 atom stereocenters. The zero-order chi connectivity index (χ0) is 15.8. The van der Waals surface area contributed by atoms with Crippen molar-refractivity contribution >= 4 is 11.6 Å². The van der Waals surface area contributed by atoms with Gasteiger partial charge in [0.15, 0.2) is 0 Å². The number of benzene rings is 2. The first-order valence-electron chi connectivity index (χ1n) is 6.94. The number of carbonyl (C=O) groups excluding carboxylic acids is 1. The van der Waals surface area contributed by atoms with Crippen molar-refractivity contribution in [3.8, 4) is 6.07 Å². The van der Waals surface area contributed by atoms with Gasteiger partial charge in [-0.1, -0.05) is 30.3 Å². The normalized spacial score (nSPS) is 10.0. The summed E-state index contributed by atoms with van der Waals surface area (Å²) in [6.45, 7) is 0.600. The monoisotopic (exact) mass is 297 g/mol. The van der Waals surface area contributed by atoms with Gasteiger partial charge in [0.1, 0.15) is 11.9 Å². The molecule has 112 valence electrons. The highest BCUT2D eigenvalue weighted by molar-refractivity contribution is 5.93. The standard InChI is InChI=1S/C17H16FN3O/c18-15-7-3-1-5-13(15)9-10-20-12-17(22)21-16-8-4-2-6-14(16)11-19/h1-8,20H,9-10,12H2,(H,21,22). The summed E-state index contributed by atoms with van der Waals surface area (Å²) in [7, 11) is 0. The summed E-state index contributed by atoms with van der Waals surface area (Å²) in [5, 5.41) is 14.6. The van der Waals surface area contributed by atoms with Gasteiger partial charge in [0.05, 0.1) is 17.8 Å². The number of hydrogen-bond donors (Lipinski definition) is 2. The van der Waals surface area contributed by atoms with Gasteiger partial charge >= 0.3 is 0 Å². The second-order valence-electron chi connectivity index (χ2n) is 4.72. The third kappa shape index (κ3) is 4.40. The highest BCUT2D eigenvalue weighted by Gasteiger charge is 2.06. The molecule has 0 aliphatic heterocycles. The molecule has 2 aromatic carbocycles. The molecule has 22 heavy (non-hydrogen) atoms. The first-order valence-corrected chi connectivity index (χ1v) is 6.94. The lowest BCUT2D eigenvalue weighted by molar-refractivity contribution is -0.115. The van der Waals surface area contributed by atoms with Gasteiger partial charge in [-0.05, 0) is 36.7 Å². The van der Waals surface area contributed by atoms with Crippen LogP contribution >= 0.6 is 0 Å². The minimum atomic E-state index is -0.240. The van der Waals surface area contributed by atoms with Crippen LogP contribution in [0.1, 0.15) is 11.1 Å². The molecule has 0 aromatic heterocycles. The number of hydrogen-bond acceptors (Lipinski definition) is 3. The highest BCUT2D eigenvalue weighted by atomic mass is 19.1. The predicted octanol–water partition coefficient (Wildman–Crippen LogP) is 2.47. The fourth-order valence-electron chi connectivity index (χ4n) is 2.01. The number of rotatable bonds is 6. The van der Waals surface area contributed by atoms with Crippen LogP contribution in [0, 0.1) is 17.1 Å². The fraction of sp³-hybridized carbons (Fsp3) is 0.176. The maximum absolute atomic E-state index is 13.4. The molecule has 0 radical (unpaired) electrons. The number of nitriles is 1. The van der Waals surface area contributed by atoms with Gasteiger partial charge in [-0.2, -0.15) is 5.26 Å². The Kier molecular flexibility index (Phi) is 5.64. The third-order valence-electron chi connectivity index (χ3n) is 3.14. The first-order chi connectivity index (χ1) is 10.7. The molecule has 0 heterocycles. The van der Waals surface area contributed by atoms with E-state index in [1.54, 1.807) is 42.5 Å². The van der Waals surface area contributed by atoms with Gasteiger partial charge in [0.25, 0.3) is 0 Å². The number of nitrogens with zero attached hydrogens (tertiary/aromatic N) is 1. The Morgan fingerprint density at radius 3 is 2.64 bits per heavy atom. The summed E-state index contributed by atoms with van der Waals surface area (Å²) in [4.78, 5) is 11.8. The number of halogens is 1. The fourth-order valence-corrected chi connectivity index (χ4v) is 2.01. The van der Waals surface area contributed by atoms with Crippen molar-refractivity contribution in [2.24, 2.45) is 0 Å². The SMILES string of the molecule is N#Cc1ccccc1NC(=O)CNCCc1ccccc1F. The van der Waals surface area contributed by atoms with Crippen molar-refractivity contribution < 1.29 is 9.18 Å². The van der Waals surface area contributed by atoms with Crippen molar-refractivity contribution in [2.75, 3.05) is 18.4 Å². The summed E-state index contributed by atoms with van der Waals surface area (Å²) in [5.41, 5.74) is 1.53. The van der Waals surface area contributed by atoms with E-state index >= 15 is 0 Å². The summed E-state index contributed by atoms with van der Waals surface area (Å²) in [6.07, 6.45) is 0.509. The van der Waals surface area contributed by atoms with Crippen LogP contribution in [-0.2, 0) is 11.2 Å². The van der Waals surface area contributed by atoms with Gasteiger partial charge in [-0.3, -0.25) is 4.79 Å². The van der Waals surface area contributed by atoms with Gasteiger partial charge in [0, 0.05) is 0 Å². The third-order valence-corrected chi connectivity index (χ3v) is 3.14. The minimum absolute atomic E-state index is 0.105. The number of nitrogens with one attached hydrogen (secondary N) is 2. The van der Waals surface area contributed by atoms with Gasteiger partial charge < -0.3 is 10.6 Å².